The summed E-state index contributed by atoms with van der Waals surface area (Å²) in [4.78, 5) is 24.5. The molecule has 0 bridgehead atoms. The Morgan fingerprint density at radius 1 is 1.13 bits per heavy atom. The number of nitrogens with zero attached hydrogens (tertiary/aromatic N) is 2. The van der Waals surface area contributed by atoms with Gasteiger partial charge in [-0.25, -0.2) is 10.2 Å². The molecular formula is C22H21ClN4O3. The number of rotatable bonds is 5. The van der Waals surface area contributed by atoms with Crippen molar-refractivity contribution in [3.05, 3.63) is 82.1 Å². The molecule has 2 N–H and O–H groups in total. The van der Waals surface area contributed by atoms with Crippen LogP contribution in [0.2, 0.25) is 5.02 Å². The molecule has 30 heavy (non-hydrogen) atoms. The maximum absolute atomic E-state index is 12.3. The number of ether oxygens (including phenoxy) is 1. The van der Waals surface area contributed by atoms with Crippen LogP contribution in [-0.2, 0) is 5.41 Å². The van der Waals surface area contributed by atoms with Gasteiger partial charge in [-0.2, -0.15) is 10.2 Å². The molecule has 2 aromatic carbocycles. The van der Waals surface area contributed by atoms with Gasteiger partial charge in [0.15, 0.2) is 5.69 Å². The molecule has 1 heterocycles. The molecule has 8 heteroatoms. The summed E-state index contributed by atoms with van der Waals surface area (Å²) >= 11 is 6.02. The van der Waals surface area contributed by atoms with Gasteiger partial charge in [-0.3, -0.25) is 9.89 Å². The molecule has 7 nitrogen and oxygen atoms in total. The van der Waals surface area contributed by atoms with E-state index in [0.717, 1.165) is 5.69 Å². The molecule has 154 valence electrons. The van der Waals surface area contributed by atoms with Crippen molar-refractivity contribution in [2.45, 2.75) is 26.2 Å². The molecule has 0 unspecified atom stereocenters. The van der Waals surface area contributed by atoms with Gasteiger partial charge < -0.3 is 4.74 Å². The van der Waals surface area contributed by atoms with Gasteiger partial charge in [-0.15, -0.1) is 0 Å². The van der Waals surface area contributed by atoms with E-state index in [1.165, 1.54) is 6.21 Å². The van der Waals surface area contributed by atoms with Crippen LogP contribution in [-0.4, -0.2) is 28.3 Å². The topological polar surface area (TPSA) is 96.4 Å². The number of aromatic nitrogens is 2. The van der Waals surface area contributed by atoms with Crippen LogP contribution in [0.5, 0.6) is 5.75 Å². The van der Waals surface area contributed by atoms with Crippen molar-refractivity contribution in [3.63, 3.8) is 0 Å². The van der Waals surface area contributed by atoms with E-state index >= 15 is 0 Å². The lowest BCUT2D eigenvalue weighted by molar-refractivity contribution is 0.0734. The smallest absolute Gasteiger partial charge is 0.345 e. The molecule has 0 radical (unpaired) electrons. The zero-order valence-electron chi connectivity index (χ0n) is 16.8. The molecule has 3 aromatic rings. The zero-order chi connectivity index (χ0) is 21.7. The van der Waals surface area contributed by atoms with Gasteiger partial charge in [0.25, 0.3) is 5.91 Å². The lowest BCUT2D eigenvalue weighted by Gasteiger charge is -2.14. The number of hydrazone groups is 1. The average Bonchev–Trinajstić information content (AvgIpc) is 3.19. The third kappa shape index (κ3) is 5.33. The normalized spacial score (nSPS) is 11.5. The Labute approximate surface area is 179 Å². The molecule has 1 aromatic heterocycles. The monoisotopic (exact) mass is 424 g/mol. The van der Waals surface area contributed by atoms with E-state index in [0.29, 0.717) is 16.3 Å². The standard InChI is InChI=1S/C22H21ClN4O3/c1-22(2,3)19-12-18(25-26-19)20(28)27-24-13-14-7-6-8-15(11-14)30-21(29)16-9-4-5-10-17(16)23/h4-13H,1-3H3,(H,25,26)(H,27,28). The summed E-state index contributed by atoms with van der Waals surface area (Å²) in [5.41, 5.74) is 4.30. The molecule has 0 fully saturated rings. The van der Waals surface area contributed by atoms with Crippen LogP contribution in [0, 0.1) is 0 Å². The van der Waals surface area contributed by atoms with Crippen molar-refractivity contribution in [2.75, 3.05) is 0 Å². The second-order valence-electron chi connectivity index (χ2n) is 7.56. The van der Waals surface area contributed by atoms with Gasteiger partial charge in [0.1, 0.15) is 5.75 Å². The lowest BCUT2D eigenvalue weighted by Crippen LogP contribution is -2.18. The van der Waals surface area contributed by atoms with Crippen molar-refractivity contribution in [1.29, 1.82) is 0 Å². The molecule has 0 aliphatic carbocycles. The van der Waals surface area contributed by atoms with Crippen LogP contribution < -0.4 is 10.2 Å². The van der Waals surface area contributed by atoms with Crippen LogP contribution in [0.25, 0.3) is 0 Å². The molecule has 0 spiro atoms. The second kappa shape index (κ2) is 8.92. The van der Waals surface area contributed by atoms with E-state index < -0.39 is 11.9 Å². The molecule has 3 rings (SSSR count). The number of carbonyl (C=O) groups is 2. The van der Waals surface area contributed by atoms with Crippen molar-refractivity contribution < 1.29 is 14.3 Å². The minimum absolute atomic E-state index is 0.142. The summed E-state index contributed by atoms with van der Waals surface area (Å²) in [5, 5.41) is 11.1. The average molecular weight is 425 g/mol. The number of nitrogens with one attached hydrogen (secondary N) is 2. The molecule has 0 aliphatic rings. The number of esters is 1. The third-order valence-electron chi connectivity index (χ3n) is 4.16. The Morgan fingerprint density at radius 2 is 1.90 bits per heavy atom. The predicted octanol–water partition coefficient (Wildman–Crippen LogP) is 4.34. The highest BCUT2D eigenvalue weighted by Gasteiger charge is 2.19. The summed E-state index contributed by atoms with van der Waals surface area (Å²) in [6.45, 7) is 6.06. The van der Waals surface area contributed by atoms with Gasteiger partial charge in [-0.05, 0) is 35.9 Å². The summed E-state index contributed by atoms with van der Waals surface area (Å²) in [6.07, 6.45) is 1.45. The summed E-state index contributed by atoms with van der Waals surface area (Å²) < 4.78 is 5.37. The Bertz CT molecular complexity index is 1100. The molecule has 1 amide bonds. The van der Waals surface area contributed by atoms with Crippen molar-refractivity contribution in [1.82, 2.24) is 15.6 Å². The number of hydrogen-bond acceptors (Lipinski definition) is 5. The maximum Gasteiger partial charge on any atom is 0.345 e. The van der Waals surface area contributed by atoms with Gasteiger partial charge in [-0.1, -0.05) is 56.6 Å². The van der Waals surface area contributed by atoms with Crippen LogP contribution in [0.4, 0.5) is 0 Å². The first kappa shape index (κ1) is 21.3. The molecule has 0 atom stereocenters. The largest absolute Gasteiger partial charge is 0.423 e. The highest BCUT2D eigenvalue weighted by Crippen LogP contribution is 2.20. The Hall–Kier alpha value is -3.45. The van der Waals surface area contributed by atoms with Gasteiger partial charge >= 0.3 is 5.97 Å². The zero-order valence-corrected chi connectivity index (χ0v) is 17.5. The van der Waals surface area contributed by atoms with Gasteiger partial charge in [0.2, 0.25) is 0 Å². The van der Waals surface area contributed by atoms with Crippen LogP contribution >= 0.6 is 11.6 Å². The number of H-pyrrole nitrogens is 1. The van der Waals surface area contributed by atoms with E-state index in [-0.39, 0.29) is 16.7 Å². The van der Waals surface area contributed by atoms with E-state index in [1.807, 2.05) is 20.8 Å². The van der Waals surface area contributed by atoms with E-state index in [9.17, 15) is 9.59 Å². The molecular weight excluding hydrogens is 404 g/mol. The Balaban J connectivity index is 1.63. The summed E-state index contributed by atoms with van der Waals surface area (Å²) in [5.74, 6) is -0.659. The molecule has 0 aliphatic heterocycles. The second-order valence-corrected chi connectivity index (χ2v) is 7.97. The molecule has 0 saturated carbocycles. The van der Waals surface area contributed by atoms with Crippen molar-refractivity contribution in [3.8, 4) is 5.75 Å². The fraction of sp³-hybridized carbons (Fsp3) is 0.182. The highest BCUT2D eigenvalue weighted by atomic mass is 35.5. The van der Waals surface area contributed by atoms with Crippen molar-refractivity contribution >= 4 is 29.7 Å². The van der Waals surface area contributed by atoms with Gasteiger partial charge in [0, 0.05) is 11.1 Å². The third-order valence-corrected chi connectivity index (χ3v) is 4.49. The van der Waals surface area contributed by atoms with Crippen LogP contribution in [0.1, 0.15) is 52.9 Å². The van der Waals surface area contributed by atoms with Gasteiger partial charge in [0.05, 0.1) is 16.8 Å². The van der Waals surface area contributed by atoms with Crippen molar-refractivity contribution in [2.24, 2.45) is 5.10 Å². The summed E-state index contributed by atoms with van der Waals surface area (Å²) in [6, 6.07) is 15.1. The Morgan fingerprint density at radius 3 is 2.60 bits per heavy atom. The van der Waals surface area contributed by atoms with Crippen LogP contribution in [0.15, 0.2) is 59.7 Å². The van der Waals surface area contributed by atoms with Crippen LogP contribution in [0.3, 0.4) is 0 Å². The number of benzene rings is 2. The predicted molar refractivity (Wildman–Crippen MR) is 115 cm³/mol. The maximum atomic E-state index is 12.3. The first-order valence-electron chi connectivity index (χ1n) is 9.20. The number of amides is 1. The number of carbonyl (C=O) groups excluding carboxylic acids is 2. The SMILES string of the molecule is CC(C)(C)c1cc(C(=O)NN=Cc2cccc(OC(=O)c3ccccc3Cl)c2)n[nH]1. The fourth-order valence-corrected chi connectivity index (χ4v) is 2.70. The quantitative estimate of drug-likeness (QED) is 0.275. The van der Waals surface area contributed by atoms with E-state index in [1.54, 1.807) is 54.6 Å². The number of halogens is 1. The fourth-order valence-electron chi connectivity index (χ4n) is 2.49. The Kier molecular flexibility index (Phi) is 6.32. The van der Waals surface area contributed by atoms with E-state index in [4.69, 9.17) is 16.3 Å². The highest BCUT2D eigenvalue weighted by molar-refractivity contribution is 6.33. The minimum atomic E-state index is -0.559. The lowest BCUT2D eigenvalue weighted by atomic mass is 9.92. The first-order valence-corrected chi connectivity index (χ1v) is 9.58. The summed E-state index contributed by atoms with van der Waals surface area (Å²) in [7, 11) is 0. The number of hydrogen-bond donors (Lipinski definition) is 2. The number of aromatic amines is 1. The minimum Gasteiger partial charge on any atom is -0.423 e. The first-order chi connectivity index (χ1) is 14.2. The van der Waals surface area contributed by atoms with E-state index in [2.05, 4.69) is 20.7 Å². The molecule has 0 saturated heterocycles.